The average Bonchev–Trinajstić information content (AvgIpc) is 2.77. The van der Waals surface area contributed by atoms with E-state index in [1.54, 1.807) is 24.3 Å². The fraction of sp³-hybridized carbons (Fsp3) is 0.182. The lowest BCUT2D eigenvalue weighted by molar-refractivity contribution is -0.114. The van der Waals surface area contributed by atoms with Crippen molar-refractivity contribution in [2.24, 2.45) is 0 Å². The van der Waals surface area contributed by atoms with Gasteiger partial charge in [0.2, 0.25) is 15.9 Å². The molecule has 0 fully saturated rings. The van der Waals surface area contributed by atoms with Crippen molar-refractivity contribution in [1.82, 2.24) is 4.98 Å². The molecule has 3 rings (SSSR count). The maximum Gasteiger partial charge on any atom is 0.263 e. The summed E-state index contributed by atoms with van der Waals surface area (Å²) < 4.78 is 52.8. The number of carbonyl (C=O) groups is 1. The highest BCUT2D eigenvalue weighted by Crippen LogP contribution is 2.20. The summed E-state index contributed by atoms with van der Waals surface area (Å²) in [5, 5.41) is 2.59. The molecule has 2 aromatic carbocycles. The van der Waals surface area contributed by atoms with Crippen molar-refractivity contribution < 1.29 is 21.6 Å². The molecule has 174 valence electrons. The molecule has 2 N–H and O–H groups in total. The zero-order chi connectivity index (χ0) is 24.1. The number of rotatable bonds is 9. The van der Waals surface area contributed by atoms with Crippen LogP contribution in [0.3, 0.4) is 0 Å². The molecule has 9 nitrogen and oxygen atoms in total. The Bertz CT molecular complexity index is 1310. The summed E-state index contributed by atoms with van der Waals surface area (Å²) in [4.78, 5) is 16.4. The predicted octanol–water partition coefficient (Wildman–Crippen LogP) is 2.85. The molecule has 0 aliphatic heterocycles. The van der Waals surface area contributed by atoms with E-state index in [2.05, 4.69) is 15.0 Å². The summed E-state index contributed by atoms with van der Waals surface area (Å²) >= 11 is 0. The Morgan fingerprint density at radius 2 is 1.61 bits per heavy atom. The summed E-state index contributed by atoms with van der Waals surface area (Å²) in [5.41, 5.74) is 1.75. The van der Waals surface area contributed by atoms with E-state index in [4.69, 9.17) is 0 Å². The van der Waals surface area contributed by atoms with Gasteiger partial charge in [0.25, 0.3) is 10.0 Å². The fourth-order valence-electron chi connectivity index (χ4n) is 2.97. The molecule has 1 amide bonds. The Morgan fingerprint density at radius 3 is 2.15 bits per heavy atom. The second-order valence-electron chi connectivity index (χ2n) is 7.18. The molecule has 3 aromatic rings. The number of hydrogen-bond donors (Lipinski definition) is 2. The van der Waals surface area contributed by atoms with Crippen LogP contribution in [0.5, 0.6) is 0 Å². The van der Waals surface area contributed by atoms with Gasteiger partial charge in [-0.25, -0.2) is 21.8 Å². The van der Waals surface area contributed by atoms with Gasteiger partial charge in [0, 0.05) is 11.9 Å². The van der Waals surface area contributed by atoms with E-state index in [0.717, 1.165) is 22.5 Å². The zero-order valence-electron chi connectivity index (χ0n) is 18.1. The first-order valence-electron chi connectivity index (χ1n) is 9.99. The van der Waals surface area contributed by atoms with Gasteiger partial charge in [0.1, 0.15) is 12.4 Å². The largest absolute Gasteiger partial charge is 0.325 e. The number of pyridine rings is 1. The minimum atomic E-state index is -3.85. The molecule has 1 aromatic heterocycles. The Kier molecular flexibility index (Phi) is 7.34. The van der Waals surface area contributed by atoms with Gasteiger partial charge in [-0.1, -0.05) is 25.1 Å². The minimum Gasteiger partial charge on any atom is -0.325 e. The summed E-state index contributed by atoms with van der Waals surface area (Å²) in [7, 11) is -7.55. The third-order valence-corrected chi connectivity index (χ3v) is 7.18. The van der Waals surface area contributed by atoms with Crippen molar-refractivity contribution in [3.8, 4) is 0 Å². The summed E-state index contributed by atoms with van der Waals surface area (Å²) in [6, 6.07) is 17.3. The third-order valence-electron chi connectivity index (χ3n) is 4.67. The van der Waals surface area contributed by atoms with Crippen LogP contribution < -0.4 is 14.3 Å². The third kappa shape index (κ3) is 6.53. The quantitative estimate of drug-likeness (QED) is 0.477. The molecule has 0 unspecified atom stereocenters. The van der Waals surface area contributed by atoms with E-state index in [-0.39, 0.29) is 10.7 Å². The smallest absolute Gasteiger partial charge is 0.263 e. The van der Waals surface area contributed by atoms with Gasteiger partial charge in [-0.3, -0.25) is 13.8 Å². The monoisotopic (exact) mass is 488 g/mol. The molecule has 0 atom stereocenters. The van der Waals surface area contributed by atoms with Gasteiger partial charge < -0.3 is 5.32 Å². The number of nitrogens with one attached hydrogen (secondary N) is 2. The van der Waals surface area contributed by atoms with Gasteiger partial charge in [-0.05, 0) is 60.5 Å². The van der Waals surface area contributed by atoms with Gasteiger partial charge in [0.15, 0.2) is 0 Å². The molecular formula is C22H24N4O5S2. The van der Waals surface area contributed by atoms with E-state index in [1.807, 2.05) is 19.1 Å². The summed E-state index contributed by atoms with van der Waals surface area (Å²) in [6.07, 6.45) is 3.30. The second kappa shape index (κ2) is 10.0. The number of hydrogen-bond acceptors (Lipinski definition) is 6. The van der Waals surface area contributed by atoms with Crippen LogP contribution >= 0.6 is 0 Å². The lowest BCUT2D eigenvalue weighted by Gasteiger charge is -2.22. The Hall–Kier alpha value is -3.44. The molecular weight excluding hydrogens is 464 g/mol. The second-order valence-corrected chi connectivity index (χ2v) is 10.8. The van der Waals surface area contributed by atoms with Gasteiger partial charge >= 0.3 is 0 Å². The highest BCUT2D eigenvalue weighted by Gasteiger charge is 2.21. The van der Waals surface area contributed by atoms with E-state index in [1.165, 1.54) is 36.5 Å². The van der Waals surface area contributed by atoms with E-state index >= 15 is 0 Å². The first-order valence-corrected chi connectivity index (χ1v) is 13.3. The number of anilines is 3. The van der Waals surface area contributed by atoms with Crippen LogP contribution in [0.1, 0.15) is 12.5 Å². The SMILES string of the molecule is CCc1ccc(N(CC(=O)Nc2ccc(S(=O)(=O)Nc3ccccn3)cc2)S(C)(=O)=O)cc1. The Morgan fingerprint density at radius 1 is 0.939 bits per heavy atom. The van der Waals surface area contributed by atoms with Crippen molar-refractivity contribution in [1.29, 1.82) is 0 Å². The number of nitrogens with zero attached hydrogens (tertiary/aromatic N) is 2. The lowest BCUT2D eigenvalue weighted by Crippen LogP contribution is -2.37. The van der Waals surface area contributed by atoms with Crippen molar-refractivity contribution in [3.63, 3.8) is 0 Å². The number of amides is 1. The lowest BCUT2D eigenvalue weighted by atomic mass is 10.1. The van der Waals surface area contributed by atoms with Gasteiger partial charge in [-0.15, -0.1) is 0 Å². The normalized spacial score (nSPS) is 11.6. The highest BCUT2D eigenvalue weighted by molar-refractivity contribution is 7.92. The molecule has 0 bridgehead atoms. The van der Waals surface area contributed by atoms with Crippen LogP contribution in [0.15, 0.2) is 77.8 Å². The van der Waals surface area contributed by atoms with Crippen molar-refractivity contribution in [3.05, 3.63) is 78.5 Å². The van der Waals surface area contributed by atoms with Crippen molar-refractivity contribution in [2.45, 2.75) is 18.2 Å². The number of sulfonamides is 2. The van der Waals surface area contributed by atoms with Crippen molar-refractivity contribution in [2.75, 3.05) is 27.1 Å². The number of aromatic nitrogens is 1. The zero-order valence-corrected chi connectivity index (χ0v) is 19.7. The molecule has 0 radical (unpaired) electrons. The van der Waals surface area contributed by atoms with Gasteiger partial charge in [0.05, 0.1) is 16.8 Å². The summed E-state index contributed by atoms with van der Waals surface area (Å²) in [5.74, 6) is -0.384. The van der Waals surface area contributed by atoms with Crippen LogP contribution in [-0.4, -0.2) is 40.5 Å². The van der Waals surface area contributed by atoms with Crippen LogP contribution in [0.25, 0.3) is 0 Å². The molecule has 1 heterocycles. The highest BCUT2D eigenvalue weighted by atomic mass is 32.2. The van der Waals surface area contributed by atoms with E-state index in [9.17, 15) is 21.6 Å². The maximum absolute atomic E-state index is 12.5. The molecule has 0 spiro atoms. The minimum absolute atomic E-state index is 0.0140. The average molecular weight is 489 g/mol. The molecule has 0 saturated carbocycles. The molecule has 33 heavy (non-hydrogen) atoms. The first-order chi connectivity index (χ1) is 15.6. The number of benzene rings is 2. The first kappa shape index (κ1) is 24.2. The molecule has 0 aliphatic rings. The molecule has 0 aliphatic carbocycles. The number of aryl methyl sites for hydroxylation is 1. The fourth-order valence-corrected chi connectivity index (χ4v) is 4.83. The Labute approximate surface area is 193 Å². The van der Waals surface area contributed by atoms with Gasteiger partial charge in [-0.2, -0.15) is 0 Å². The molecule has 11 heteroatoms. The predicted molar refractivity (Wildman–Crippen MR) is 128 cm³/mol. The number of carbonyl (C=O) groups excluding carboxylic acids is 1. The van der Waals surface area contributed by atoms with Crippen LogP contribution in [0.4, 0.5) is 17.2 Å². The van der Waals surface area contributed by atoms with Crippen molar-refractivity contribution >= 4 is 43.1 Å². The molecule has 0 saturated heterocycles. The topological polar surface area (TPSA) is 126 Å². The Balaban J connectivity index is 1.70. The van der Waals surface area contributed by atoms with Crippen LogP contribution in [0.2, 0.25) is 0 Å². The van der Waals surface area contributed by atoms with Crippen LogP contribution in [-0.2, 0) is 31.3 Å². The maximum atomic E-state index is 12.5. The van der Waals surface area contributed by atoms with Crippen LogP contribution in [0, 0.1) is 0 Å². The summed E-state index contributed by atoms with van der Waals surface area (Å²) in [6.45, 7) is 1.56. The van der Waals surface area contributed by atoms with E-state index in [0.29, 0.717) is 11.4 Å². The van der Waals surface area contributed by atoms with E-state index < -0.39 is 32.5 Å². The standard InChI is InChI=1S/C22H24N4O5S2/c1-3-17-7-11-19(12-8-17)26(32(2,28)29)16-22(27)24-18-9-13-20(14-10-18)33(30,31)25-21-6-4-5-15-23-21/h4-15H,3,16H2,1-2H3,(H,23,25)(H,24,27).